The number of hydrogen-bond donors (Lipinski definition) is 2. The third-order valence-corrected chi connectivity index (χ3v) is 3.61. The Morgan fingerprint density at radius 1 is 1.21 bits per heavy atom. The molecule has 0 bridgehead atoms. The summed E-state index contributed by atoms with van der Waals surface area (Å²) in [5.74, 6) is 5.70. The number of halogens is 2. The smallest absolute Gasteiger partial charge is 0.132 e. The predicted octanol–water partition coefficient (Wildman–Crippen LogP) is 2.99. The van der Waals surface area contributed by atoms with E-state index >= 15 is 0 Å². The molecule has 19 heavy (non-hydrogen) atoms. The Kier molecular flexibility index (Phi) is 4.73. The molecule has 0 aliphatic carbocycles. The molecule has 3 N–H and O–H groups in total. The third-order valence-electron chi connectivity index (χ3n) is 2.89. The molecule has 0 aliphatic rings. The monoisotopic (exact) mass is 372 g/mol. The van der Waals surface area contributed by atoms with Gasteiger partial charge in [0.1, 0.15) is 11.6 Å². The lowest BCUT2D eigenvalue weighted by Crippen LogP contribution is -2.29. The maximum absolute atomic E-state index is 14.1. The van der Waals surface area contributed by atoms with Crippen LogP contribution in [-0.4, -0.2) is 7.11 Å². The van der Waals surface area contributed by atoms with Gasteiger partial charge in [0.05, 0.1) is 13.2 Å². The predicted molar refractivity (Wildman–Crippen MR) is 81.3 cm³/mol. The summed E-state index contributed by atoms with van der Waals surface area (Å²) in [6, 6.07) is 12.1. The van der Waals surface area contributed by atoms with Gasteiger partial charge in [0.15, 0.2) is 0 Å². The highest BCUT2D eigenvalue weighted by Gasteiger charge is 2.17. The average Bonchev–Trinajstić information content (AvgIpc) is 2.43. The number of methoxy groups -OCH3 is 1. The Morgan fingerprint density at radius 3 is 2.42 bits per heavy atom. The molecule has 2 aromatic rings. The largest absolute Gasteiger partial charge is 0.497 e. The van der Waals surface area contributed by atoms with Gasteiger partial charge in [-0.3, -0.25) is 5.84 Å². The third kappa shape index (κ3) is 3.23. The van der Waals surface area contributed by atoms with Crippen LogP contribution in [-0.2, 0) is 0 Å². The van der Waals surface area contributed by atoms with Gasteiger partial charge in [-0.25, -0.2) is 9.82 Å². The second-order valence-electron chi connectivity index (χ2n) is 4.04. The number of nitrogens with one attached hydrogen (secondary N) is 1. The van der Waals surface area contributed by atoms with Crippen molar-refractivity contribution >= 4 is 22.6 Å². The first kappa shape index (κ1) is 14.2. The highest BCUT2D eigenvalue weighted by molar-refractivity contribution is 14.1. The van der Waals surface area contributed by atoms with Crippen LogP contribution in [0.25, 0.3) is 0 Å². The molecule has 1 unspecified atom stereocenters. The Morgan fingerprint density at radius 2 is 1.89 bits per heavy atom. The summed E-state index contributed by atoms with van der Waals surface area (Å²) in [6.45, 7) is 0. The van der Waals surface area contributed by atoms with E-state index in [4.69, 9.17) is 10.6 Å². The molecule has 2 rings (SSSR count). The quantitative estimate of drug-likeness (QED) is 0.493. The van der Waals surface area contributed by atoms with Gasteiger partial charge in [-0.1, -0.05) is 18.2 Å². The van der Waals surface area contributed by atoms with E-state index in [9.17, 15) is 4.39 Å². The summed E-state index contributed by atoms with van der Waals surface area (Å²) in [5, 5.41) is 0. The Labute approximate surface area is 125 Å². The molecule has 0 fully saturated rings. The first-order valence-electron chi connectivity index (χ1n) is 5.70. The van der Waals surface area contributed by atoms with Gasteiger partial charge < -0.3 is 4.74 Å². The van der Waals surface area contributed by atoms with Gasteiger partial charge in [0.25, 0.3) is 0 Å². The minimum Gasteiger partial charge on any atom is -0.497 e. The number of benzene rings is 2. The van der Waals surface area contributed by atoms with Crippen molar-refractivity contribution < 1.29 is 9.13 Å². The zero-order valence-corrected chi connectivity index (χ0v) is 12.5. The van der Waals surface area contributed by atoms with Crippen LogP contribution in [0.4, 0.5) is 4.39 Å². The summed E-state index contributed by atoms with van der Waals surface area (Å²) >= 11 is 2.22. The van der Waals surface area contributed by atoms with Crippen molar-refractivity contribution in [3.63, 3.8) is 0 Å². The Balaban J connectivity index is 2.39. The number of hydrogen-bond acceptors (Lipinski definition) is 3. The van der Waals surface area contributed by atoms with E-state index in [1.54, 1.807) is 12.1 Å². The van der Waals surface area contributed by atoms with Gasteiger partial charge in [-0.15, -0.1) is 0 Å². The fraction of sp³-hybridized carbons (Fsp3) is 0.143. The van der Waals surface area contributed by atoms with Gasteiger partial charge in [0, 0.05) is 15.2 Å². The lowest BCUT2D eigenvalue weighted by Gasteiger charge is -2.18. The summed E-state index contributed by atoms with van der Waals surface area (Å²) in [4.78, 5) is 0. The molecular formula is C14H14FIN2O. The molecule has 0 saturated heterocycles. The number of hydrazine groups is 1. The minimum absolute atomic E-state index is 0.346. The van der Waals surface area contributed by atoms with E-state index in [0.29, 0.717) is 11.3 Å². The van der Waals surface area contributed by atoms with Crippen molar-refractivity contribution in [2.24, 2.45) is 5.84 Å². The van der Waals surface area contributed by atoms with Crippen LogP contribution in [0.15, 0.2) is 42.5 Å². The molecule has 0 aliphatic heterocycles. The molecule has 5 heteroatoms. The molecule has 100 valence electrons. The molecule has 0 amide bonds. The highest BCUT2D eigenvalue weighted by atomic mass is 127. The lowest BCUT2D eigenvalue weighted by atomic mass is 9.99. The van der Waals surface area contributed by atoms with E-state index in [0.717, 1.165) is 9.13 Å². The first-order valence-corrected chi connectivity index (χ1v) is 6.78. The highest BCUT2D eigenvalue weighted by Crippen LogP contribution is 2.26. The fourth-order valence-corrected chi connectivity index (χ4v) is 2.25. The van der Waals surface area contributed by atoms with Crippen molar-refractivity contribution in [2.45, 2.75) is 6.04 Å². The summed E-state index contributed by atoms with van der Waals surface area (Å²) in [5.41, 5.74) is 4.05. The molecule has 0 heterocycles. The fourth-order valence-electron chi connectivity index (χ4n) is 1.89. The van der Waals surface area contributed by atoms with Crippen LogP contribution in [0.3, 0.4) is 0 Å². The molecule has 0 radical (unpaired) electrons. The normalized spacial score (nSPS) is 12.2. The molecular weight excluding hydrogens is 358 g/mol. The van der Waals surface area contributed by atoms with Crippen LogP contribution in [0.1, 0.15) is 17.2 Å². The molecule has 2 aromatic carbocycles. The molecule has 0 aromatic heterocycles. The van der Waals surface area contributed by atoms with Crippen LogP contribution in [0, 0.1) is 9.39 Å². The molecule has 0 spiro atoms. The zero-order chi connectivity index (χ0) is 13.8. The summed E-state index contributed by atoms with van der Waals surface area (Å²) < 4.78 is 20.2. The molecule has 1 atom stereocenters. The second kappa shape index (κ2) is 6.31. The van der Waals surface area contributed by atoms with Crippen molar-refractivity contribution in [3.8, 4) is 5.75 Å². The van der Waals surface area contributed by atoms with E-state index in [2.05, 4.69) is 28.0 Å². The van der Waals surface area contributed by atoms with Crippen LogP contribution >= 0.6 is 22.6 Å². The average molecular weight is 372 g/mol. The zero-order valence-electron chi connectivity index (χ0n) is 10.4. The van der Waals surface area contributed by atoms with Gasteiger partial charge >= 0.3 is 0 Å². The summed E-state index contributed by atoms with van der Waals surface area (Å²) in [7, 11) is 1.51. The summed E-state index contributed by atoms with van der Waals surface area (Å²) in [6.07, 6.45) is 0. The number of ether oxygens (including phenoxy) is 1. The lowest BCUT2D eigenvalue weighted by molar-refractivity contribution is 0.410. The second-order valence-corrected chi connectivity index (χ2v) is 5.28. The van der Waals surface area contributed by atoms with Gasteiger partial charge in [0.2, 0.25) is 0 Å². The van der Waals surface area contributed by atoms with Crippen molar-refractivity contribution in [2.75, 3.05) is 7.11 Å². The van der Waals surface area contributed by atoms with E-state index in [-0.39, 0.29) is 11.9 Å². The Hall–Kier alpha value is -1.18. The van der Waals surface area contributed by atoms with Crippen molar-refractivity contribution in [1.82, 2.24) is 5.43 Å². The maximum Gasteiger partial charge on any atom is 0.132 e. The van der Waals surface area contributed by atoms with E-state index < -0.39 is 0 Å². The molecule has 3 nitrogen and oxygen atoms in total. The standard InChI is InChI=1S/C14H14FIN2O/c1-19-11-6-7-12(13(15)8-11)14(18-17)9-2-4-10(16)5-3-9/h2-8,14,18H,17H2,1H3. The van der Waals surface area contributed by atoms with Gasteiger partial charge in [-0.2, -0.15) is 0 Å². The van der Waals surface area contributed by atoms with Crippen molar-refractivity contribution in [1.29, 1.82) is 0 Å². The molecule has 0 saturated carbocycles. The number of nitrogens with two attached hydrogens (primary N) is 1. The first-order chi connectivity index (χ1) is 9.15. The topological polar surface area (TPSA) is 47.3 Å². The SMILES string of the molecule is COc1ccc(C(NN)c2ccc(I)cc2)c(F)c1. The van der Waals surface area contributed by atoms with Gasteiger partial charge in [-0.05, 0) is 46.4 Å². The number of rotatable bonds is 4. The van der Waals surface area contributed by atoms with Crippen LogP contribution in [0.5, 0.6) is 5.75 Å². The maximum atomic E-state index is 14.1. The Bertz CT molecular complexity index is 560. The van der Waals surface area contributed by atoms with Crippen molar-refractivity contribution in [3.05, 3.63) is 63.0 Å². The van der Waals surface area contributed by atoms with E-state index in [1.165, 1.54) is 13.2 Å². The van der Waals surface area contributed by atoms with Crippen LogP contribution in [0.2, 0.25) is 0 Å². The van der Waals surface area contributed by atoms with Crippen LogP contribution < -0.4 is 16.0 Å². The minimum atomic E-state index is -0.386. The van der Waals surface area contributed by atoms with E-state index in [1.807, 2.05) is 24.3 Å².